The topological polar surface area (TPSA) is 26.0 Å². The molecule has 0 spiro atoms. The summed E-state index contributed by atoms with van der Waals surface area (Å²) in [6, 6.07) is 0.315. The van der Waals surface area contributed by atoms with Crippen LogP contribution >= 0.6 is 0 Å². The SMILES string of the molecule is CC(C)=C=CCCC(C)N. The average molecular weight is 139 g/mol. The van der Waals surface area contributed by atoms with E-state index in [0.717, 1.165) is 12.8 Å². The van der Waals surface area contributed by atoms with Crippen LogP contribution in [0.5, 0.6) is 0 Å². The van der Waals surface area contributed by atoms with Crippen LogP contribution < -0.4 is 5.73 Å². The van der Waals surface area contributed by atoms with Gasteiger partial charge in [-0.15, -0.1) is 5.73 Å². The van der Waals surface area contributed by atoms with E-state index in [1.54, 1.807) is 0 Å². The van der Waals surface area contributed by atoms with Crippen molar-refractivity contribution < 1.29 is 0 Å². The summed E-state index contributed by atoms with van der Waals surface area (Å²) in [6.45, 7) is 6.11. The van der Waals surface area contributed by atoms with E-state index >= 15 is 0 Å². The molecule has 0 aromatic carbocycles. The van der Waals surface area contributed by atoms with Crippen molar-refractivity contribution in [2.45, 2.75) is 39.7 Å². The molecule has 0 aliphatic carbocycles. The molecule has 2 N–H and O–H groups in total. The Hall–Kier alpha value is -0.520. The molecule has 1 nitrogen and oxygen atoms in total. The zero-order valence-electron chi connectivity index (χ0n) is 7.15. The van der Waals surface area contributed by atoms with E-state index in [9.17, 15) is 0 Å². The van der Waals surface area contributed by atoms with Crippen molar-refractivity contribution in [1.29, 1.82) is 0 Å². The molecule has 0 fully saturated rings. The lowest BCUT2D eigenvalue weighted by Gasteiger charge is -1.97. The first-order valence-electron chi connectivity index (χ1n) is 3.77. The number of rotatable bonds is 3. The molecule has 1 heteroatoms. The van der Waals surface area contributed by atoms with Crippen LogP contribution in [-0.2, 0) is 0 Å². The first-order valence-corrected chi connectivity index (χ1v) is 3.77. The highest BCUT2D eigenvalue weighted by molar-refractivity contribution is 4.93. The number of allylic oxidation sites excluding steroid dienone is 1. The van der Waals surface area contributed by atoms with Gasteiger partial charge in [-0.3, -0.25) is 0 Å². The molecular formula is C9H17N. The maximum Gasteiger partial charge on any atom is 0.00136 e. The van der Waals surface area contributed by atoms with Crippen molar-refractivity contribution in [3.05, 3.63) is 17.4 Å². The molecule has 10 heavy (non-hydrogen) atoms. The highest BCUT2D eigenvalue weighted by atomic mass is 14.6. The lowest BCUT2D eigenvalue weighted by atomic mass is 10.2. The molecule has 0 amide bonds. The minimum atomic E-state index is 0.315. The van der Waals surface area contributed by atoms with Gasteiger partial charge in [0.1, 0.15) is 0 Å². The molecule has 0 aliphatic heterocycles. The third kappa shape index (κ3) is 7.48. The van der Waals surface area contributed by atoms with Gasteiger partial charge in [0, 0.05) is 6.04 Å². The Morgan fingerprint density at radius 3 is 2.60 bits per heavy atom. The molecule has 0 bridgehead atoms. The van der Waals surface area contributed by atoms with Gasteiger partial charge < -0.3 is 5.73 Å². The van der Waals surface area contributed by atoms with Crippen LogP contribution in [0.25, 0.3) is 0 Å². The normalized spacial score (nSPS) is 12.0. The molecular weight excluding hydrogens is 122 g/mol. The highest BCUT2D eigenvalue weighted by Gasteiger charge is 1.88. The van der Waals surface area contributed by atoms with E-state index in [4.69, 9.17) is 5.73 Å². The summed E-state index contributed by atoms with van der Waals surface area (Å²) in [7, 11) is 0. The van der Waals surface area contributed by atoms with Crippen LogP contribution in [0.4, 0.5) is 0 Å². The van der Waals surface area contributed by atoms with Crippen molar-refractivity contribution in [3.8, 4) is 0 Å². The first kappa shape index (κ1) is 9.48. The standard InChI is InChI=1S/C9H17N/c1-8(2)6-4-5-7-9(3)10/h4,9H,5,7,10H2,1-3H3. The molecule has 0 rings (SSSR count). The van der Waals surface area contributed by atoms with Gasteiger partial charge in [0.05, 0.1) is 0 Å². The second-order valence-corrected chi connectivity index (χ2v) is 2.90. The Balaban J connectivity index is 3.46. The van der Waals surface area contributed by atoms with Crippen LogP contribution in [0.3, 0.4) is 0 Å². The van der Waals surface area contributed by atoms with E-state index in [-0.39, 0.29) is 0 Å². The number of nitrogens with two attached hydrogens (primary N) is 1. The van der Waals surface area contributed by atoms with Crippen LogP contribution in [-0.4, -0.2) is 6.04 Å². The third-order valence-corrected chi connectivity index (χ3v) is 1.16. The van der Waals surface area contributed by atoms with Gasteiger partial charge in [0.2, 0.25) is 0 Å². The summed E-state index contributed by atoms with van der Waals surface area (Å²) >= 11 is 0. The van der Waals surface area contributed by atoms with Crippen LogP contribution in [0.2, 0.25) is 0 Å². The van der Waals surface area contributed by atoms with Gasteiger partial charge in [-0.2, -0.15) is 0 Å². The predicted octanol–water partition coefficient (Wildman–Crippen LogP) is 2.24. The predicted molar refractivity (Wildman–Crippen MR) is 45.8 cm³/mol. The average Bonchev–Trinajstić information content (AvgIpc) is 1.79. The van der Waals surface area contributed by atoms with E-state index < -0.39 is 0 Å². The molecule has 0 aromatic heterocycles. The smallest absolute Gasteiger partial charge is 0.00136 e. The van der Waals surface area contributed by atoms with Crippen LogP contribution in [0, 0.1) is 0 Å². The van der Waals surface area contributed by atoms with Crippen molar-refractivity contribution in [2.75, 3.05) is 0 Å². The minimum Gasteiger partial charge on any atom is -0.328 e. The van der Waals surface area contributed by atoms with Gasteiger partial charge in [0.25, 0.3) is 0 Å². The third-order valence-electron chi connectivity index (χ3n) is 1.16. The summed E-state index contributed by atoms with van der Waals surface area (Å²) < 4.78 is 0. The molecule has 0 radical (unpaired) electrons. The van der Waals surface area contributed by atoms with Gasteiger partial charge in [-0.25, -0.2) is 0 Å². The quantitative estimate of drug-likeness (QED) is 0.596. The Labute approximate surface area is 63.6 Å². The van der Waals surface area contributed by atoms with Crippen LogP contribution in [0.1, 0.15) is 33.6 Å². The minimum absolute atomic E-state index is 0.315. The maximum absolute atomic E-state index is 5.55. The van der Waals surface area contributed by atoms with E-state index in [2.05, 4.69) is 11.8 Å². The lowest BCUT2D eigenvalue weighted by molar-refractivity contribution is 0.676. The van der Waals surface area contributed by atoms with Crippen LogP contribution in [0.15, 0.2) is 17.4 Å². The Morgan fingerprint density at radius 2 is 2.20 bits per heavy atom. The Bertz CT molecular complexity index is 135. The molecule has 0 saturated heterocycles. The Kier molecular flexibility index (Phi) is 5.00. The van der Waals surface area contributed by atoms with E-state index in [1.165, 1.54) is 5.57 Å². The van der Waals surface area contributed by atoms with Crippen molar-refractivity contribution in [3.63, 3.8) is 0 Å². The molecule has 0 heterocycles. The van der Waals surface area contributed by atoms with E-state index in [0.29, 0.717) is 6.04 Å². The molecule has 58 valence electrons. The summed E-state index contributed by atoms with van der Waals surface area (Å²) in [5.41, 5.74) is 9.92. The summed E-state index contributed by atoms with van der Waals surface area (Å²) in [6.07, 6.45) is 4.15. The molecule has 1 unspecified atom stereocenters. The number of hydrogen-bond acceptors (Lipinski definition) is 1. The van der Waals surface area contributed by atoms with Crippen molar-refractivity contribution >= 4 is 0 Å². The fourth-order valence-electron chi connectivity index (χ4n) is 0.623. The van der Waals surface area contributed by atoms with Crippen molar-refractivity contribution in [2.24, 2.45) is 5.73 Å². The zero-order valence-corrected chi connectivity index (χ0v) is 7.15. The fourth-order valence-corrected chi connectivity index (χ4v) is 0.623. The highest BCUT2D eigenvalue weighted by Crippen LogP contribution is 1.94. The summed E-state index contributed by atoms with van der Waals surface area (Å²) in [5.74, 6) is 0. The second-order valence-electron chi connectivity index (χ2n) is 2.90. The largest absolute Gasteiger partial charge is 0.328 e. The number of hydrogen-bond donors (Lipinski definition) is 1. The van der Waals surface area contributed by atoms with Gasteiger partial charge in [-0.1, -0.05) is 0 Å². The molecule has 0 saturated carbocycles. The molecule has 0 aromatic rings. The van der Waals surface area contributed by atoms with Crippen molar-refractivity contribution in [1.82, 2.24) is 0 Å². The first-order chi connectivity index (χ1) is 4.63. The lowest BCUT2D eigenvalue weighted by Crippen LogP contribution is -2.13. The zero-order chi connectivity index (χ0) is 7.98. The van der Waals surface area contributed by atoms with Gasteiger partial charge in [0.15, 0.2) is 0 Å². The Morgan fingerprint density at radius 1 is 1.60 bits per heavy atom. The molecule has 0 aliphatic rings. The summed E-state index contributed by atoms with van der Waals surface area (Å²) in [5, 5.41) is 0. The second kappa shape index (κ2) is 5.28. The monoisotopic (exact) mass is 139 g/mol. The summed E-state index contributed by atoms with van der Waals surface area (Å²) in [4.78, 5) is 0. The van der Waals surface area contributed by atoms with E-state index in [1.807, 2.05) is 20.8 Å². The van der Waals surface area contributed by atoms with Gasteiger partial charge in [-0.05, 0) is 45.3 Å². The van der Waals surface area contributed by atoms with Gasteiger partial charge >= 0.3 is 0 Å². The molecule has 1 atom stereocenters. The maximum atomic E-state index is 5.55. The fraction of sp³-hybridized carbons (Fsp3) is 0.667.